The van der Waals surface area contributed by atoms with E-state index in [1.54, 1.807) is 11.1 Å². The van der Waals surface area contributed by atoms with E-state index in [0.717, 1.165) is 27.6 Å². The van der Waals surface area contributed by atoms with Crippen LogP contribution in [-0.4, -0.2) is 18.7 Å². The number of ether oxygens (including phenoxy) is 1. The van der Waals surface area contributed by atoms with Crippen molar-refractivity contribution in [3.05, 3.63) is 83.9 Å². The van der Waals surface area contributed by atoms with Crippen molar-refractivity contribution in [1.29, 1.82) is 0 Å². The highest BCUT2D eigenvalue weighted by atomic mass is 16.5. The topological polar surface area (TPSA) is 41.9 Å². The normalized spacial score (nSPS) is 15.2. The van der Waals surface area contributed by atoms with Crippen molar-refractivity contribution in [3.63, 3.8) is 0 Å². The summed E-state index contributed by atoms with van der Waals surface area (Å²) < 4.78 is 5.49. The highest BCUT2D eigenvalue weighted by Crippen LogP contribution is 2.29. The quantitative estimate of drug-likeness (QED) is 0.518. The predicted molar refractivity (Wildman–Crippen MR) is 105 cm³/mol. The summed E-state index contributed by atoms with van der Waals surface area (Å²) in [5, 5.41) is 8.25. The van der Waals surface area contributed by atoms with Gasteiger partial charge in [-0.2, -0.15) is 5.10 Å². The van der Waals surface area contributed by atoms with Gasteiger partial charge in [0.2, 0.25) is 0 Å². The highest BCUT2D eigenvalue weighted by molar-refractivity contribution is 6.45. The van der Waals surface area contributed by atoms with Crippen molar-refractivity contribution >= 4 is 33.9 Å². The lowest BCUT2D eigenvalue weighted by molar-refractivity contribution is -0.128. The van der Waals surface area contributed by atoms with Crippen LogP contribution in [0.25, 0.3) is 16.5 Å². The molecule has 26 heavy (non-hydrogen) atoms. The first-order valence-corrected chi connectivity index (χ1v) is 8.43. The van der Waals surface area contributed by atoms with Gasteiger partial charge in [-0.1, -0.05) is 54.6 Å². The first-order chi connectivity index (χ1) is 12.6. The molecule has 0 bridgehead atoms. The van der Waals surface area contributed by atoms with E-state index in [1.165, 1.54) is 0 Å². The number of cyclic esters (lactones) is 1. The molecule has 0 amide bonds. The molecule has 3 aromatic carbocycles. The summed E-state index contributed by atoms with van der Waals surface area (Å²) in [6.07, 6.45) is 1.70. The van der Waals surface area contributed by atoms with E-state index in [1.807, 2.05) is 80.7 Å². The number of anilines is 1. The number of hydrogen-bond donors (Lipinski definition) is 0. The molecule has 1 heterocycles. The number of rotatable bonds is 3. The van der Waals surface area contributed by atoms with E-state index in [-0.39, 0.29) is 5.71 Å². The number of carbonyl (C=O) groups is 1. The van der Waals surface area contributed by atoms with E-state index in [2.05, 4.69) is 5.10 Å². The fourth-order valence-electron chi connectivity index (χ4n) is 3.06. The molecule has 0 aliphatic carbocycles. The molecule has 0 saturated carbocycles. The second-order valence-electron chi connectivity index (χ2n) is 6.27. The maximum atomic E-state index is 12.3. The Morgan fingerprint density at radius 1 is 0.962 bits per heavy atom. The first kappa shape index (κ1) is 16.1. The molecule has 0 radical (unpaired) electrons. The fourth-order valence-corrected chi connectivity index (χ4v) is 3.06. The lowest BCUT2D eigenvalue weighted by atomic mass is 10.0. The Hall–Kier alpha value is -3.40. The molecule has 0 fully saturated rings. The summed E-state index contributed by atoms with van der Waals surface area (Å²) in [5.41, 5.74) is 3.23. The Morgan fingerprint density at radius 3 is 2.58 bits per heavy atom. The van der Waals surface area contributed by atoms with Gasteiger partial charge in [0, 0.05) is 18.7 Å². The number of nitrogens with zero attached hydrogens (tertiary/aromatic N) is 2. The molecule has 0 unspecified atom stereocenters. The first-order valence-electron chi connectivity index (χ1n) is 8.43. The highest BCUT2D eigenvalue weighted by Gasteiger charge is 2.25. The average Bonchev–Trinajstić information content (AvgIpc) is 3.01. The SMILES string of the molecule is Cc1cccc(N(C)/N=C2\C=C(c3cccc4ccccc34)OC2=O)c1. The van der Waals surface area contributed by atoms with E-state index >= 15 is 0 Å². The molecule has 1 aliphatic heterocycles. The minimum Gasteiger partial charge on any atom is -0.421 e. The summed E-state index contributed by atoms with van der Waals surface area (Å²) in [7, 11) is 1.82. The van der Waals surface area contributed by atoms with Crippen LogP contribution in [0.15, 0.2) is 77.9 Å². The van der Waals surface area contributed by atoms with Gasteiger partial charge in [0.05, 0.1) is 5.69 Å². The van der Waals surface area contributed by atoms with Crippen LogP contribution in [0.5, 0.6) is 0 Å². The van der Waals surface area contributed by atoms with Crippen molar-refractivity contribution < 1.29 is 9.53 Å². The molecule has 4 nitrogen and oxygen atoms in total. The molecule has 0 aromatic heterocycles. The van der Waals surface area contributed by atoms with Crippen LogP contribution in [0.3, 0.4) is 0 Å². The predicted octanol–water partition coefficient (Wildman–Crippen LogP) is 4.54. The largest absolute Gasteiger partial charge is 0.421 e. The smallest absolute Gasteiger partial charge is 0.364 e. The third kappa shape index (κ3) is 2.97. The summed E-state index contributed by atoms with van der Waals surface area (Å²) in [6, 6.07) is 21.9. The third-order valence-electron chi connectivity index (χ3n) is 4.37. The summed E-state index contributed by atoms with van der Waals surface area (Å²) in [5.74, 6) is 0.0932. The van der Waals surface area contributed by atoms with Crippen molar-refractivity contribution in [2.24, 2.45) is 5.10 Å². The number of benzene rings is 3. The van der Waals surface area contributed by atoms with Crippen LogP contribution >= 0.6 is 0 Å². The summed E-state index contributed by atoms with van der Waals surface area (Å²) >= 11 is 0. The van der Waals surface area contributed by atoms with Crippen LogP contribution in [0, 0.1) is 6.92 Å². The fraction of sp³-hybridized carbons (Fsp3) is 0.0909. The van der Waals surface area contributed by atoms with E-state index < -0.39 is 5.97 Å². The van der Waals surface area contributed by atoms with E-state index in [4.69, 9.17) is 4.74 Å². The number of hydrogen-bond acceptors (Lipinski definition) is 4. The Bertz CT molecular complexity index is 1060. The van der Waals surface area contributed by atoms with E-state index in [0.29, 0.717) is 5.76 Å². The minimum absolute atomic E-state index is 0.289. The van der Waals surface area contributed by atoms with E-state index in [9.17, 15) is 4.79 Å². The van der Waals surface area contributed by atoms with Crippen molar-refractivity contribution in [1.82, 2.24) is 0 Å². The van der Waals surface area contributed by atoms with Gasteiger partial charge in [-0.15, -0.1) is 0 Å². The molecule has 3 aromatic rings. The number of fused-ring (bicyclic) bond motifs is 1. The molecule has 0 N–H and O–H groups in total. The lowest BCUT2D eigenvalue weighted by Crippen LogP contribution is -2.16. The number of esters is 1. The molecule has 1 aliphatic rings. The number of carbonyl (C=O) groups excluding carboxylic acids is 1. The van der Waals surface area contributed by atoms with Gasteiger partial charge in [0.1, 0.15) is 5.76 Å². The monoisotopic (exact) mass is 342 g/mol. The lowest BCUT2D eigenvalue weighted by Gasteiger charge is -2.13. The molecular weight excluding hydrogens is 324 g/mol. The van der Waals surface area contributed by atoms with Crippen molar-refractivity contribution in [3.8, 4) is 0 Å². The van der Waals surface area contributed by atoms with Gasteiger partial charge in [0.15, 0.2) is 5.71 Å². The molecular formula is C22H18N2O2. The zero-order valence-corrected chi connectivity index (χ0v) is 14.6. The van der Waals surface area contributed by atoms with Crippen molar-refractivity contribution in [2.45, 2.75) is 6.92 Å². The standard InChI is InChI=1S/C22H18N2O2/c1-15-7-5-10-17(13-15)24(2)23-20-14-21(26-22(20)25)19-12-6-9-16-8-3-4-11-18(16)19/h3-14H,1-2H3/b23-20+. The zero-order chi connectivity index (χ0) is 18.1. The maximum Gasteiger partial charge on any atom is 0.364 e. The van der Waals surface area contributed by atoms with Crippen molar-refractivity contribution in [2.75, 3.05) is 12.1 Å². The maximum absolute atomic E-state index is 12.3. The summed E-state index contributed by atoms with van der Waals surface area (Å²) in [4.78, 5) is 12.3. The average molecular weight is 342 g/mol. The van der Waals surface area contributed by atoms with Crippen LogP contribution < -0.4 is 5.01 Å². The van der Waals surface area contributed by atoms with Gasteiger partial charge >= 0.3 is 5.97 Å². The summed E-state index contributed by atoms with van der Waals surface area (Å²) in [6.45, 7) is 2.02. The van der Waals surface area contributed by atoms with Crippen LogP contribution in [0.2, 0.25) is 0 Å². The Morgan fingerprint density at radius 2 is 1.73 bits per heavy atom. The molecule has 0 atom stereocenters. The second-order valence-corrected chi connectivity index (χ2v) is 6.27. The van der Waals surface area contributed by atoms with Crippen LogP contribution in [0.1, 0.15) is 11.1 Å². The third-order valence-corrected chi connectivity index (χ3v) is 4.37. The molecule has 4 rings (SSSR count). The molecule has 0 saturated heterocycles. The zero-order valence-electron chi connectivity index (χ0n) is 14.6. The Balaban J connectivity index is 1.71. The number of hydrazone groups is 1. The van der Waals surface area contributed by atoms with Gasteiger partial charge in [-0.25, -0.2) is 4.79 Å². The Kier molecular flexibility index (Phi) is 4.01. The minimum atomic E-state index is -0.438. The molecule has 128 valence electrons. The second kappa shape index (κ2) is 6.48. The van der Waals surface area contributed by atoms with Crippen LogP contribution in [-0.2, 0) is 9.53 Å². The van der Waals surface area contributed by atoms with Gasteiger partial charge < -0.3 is 4.74 Å². The number of aryl methyl sites for hydroxylation is 1. The molecule has 0 spiro atoms. The van der Waals surface area contributed by atoms with Gasteiger partial charge in [-0.05, 0) is 35.4 Å². The van der Waals surface area contributed by atoms with Crippen LogP contribution in [0.4, 0.5) is 5.69 Å². The van der Waals surface area contributed by atoms with Gasteiger partial charge in [0.25, 0.3) is 0 Å². The van der Waals surface area contributed by atoms with Gasteiger partial charge in [-0.3, -0.25) is 5.01 Å². The Labute approximate surface area is 152 Å². The molecule has 4 heteroatoms.